The van der Waals surface area contributed by atoms with Gasteiger partial charge in [-0.05, 0) is 67.0 Å². The number of nitrogens with one attached hydrogen (secondary N) is 1. The molecular formula is C29H35N3O3. The van der Waals surface area contributed by atoms with Crippen molar-refractivity contribution in [2.45, 2.75) is 76.1 Å². The van der Waals surface area contributed by atoms with Crippen LogP contribution in [-0.4, -0.2) is 53.1 Å². The molecule has 7 rings (SSSR count). The fourth-order valence-electron chi connectivity index (χ4n) is 6.78. The third kappa shape index (κ3) is 3.87. The first-order valence-corrected chi connectivity index (χ1v) is 13.1. The van der Waals surface area contributed by atoms with Crippen LogP contribution in [0, 0.1) is 5.92 Å². The zero-order valence-electron chi connectivity index (χ0n) is 20.7. The molecule has 1 unspecified atom stereocenters. The molecule has 2 aromatic rings. The first-order valence-electron chi connectivity index (χ1n) is 13.1. The Morgan fingerprint density at radius 3 is 2.54 bits per heavy atom. The van der Waals surface area contributed by atoms with Crippen LogP contribution in [0.25, 0.3) is 0 Å². The maximum atomic E-state index is 13.5. The molecule has 2 saturated heterocycles. The molecule has 184 valence electrons. The van der Waals surface area contributed by atoms with E-state index >= 15 is 0 Å². The Kier molecular flexibility index (Phi) is 5.49. The van der Waals surface area contributed by atoms with Gasteiger partial charge in [-0.2, -0.15) is 0 Å². The number of benzene rings is 2. The summed E-state index contributed by atoms with van der Waals surface area (Å²) in [5.74, 6) is 0.370. The molecule has 0 aromatic heterocycles. The predicted octanol–water partition coefficient (Wildman–Crippen LogP) is 3.40. The van der Waals surface area contributed by atoms with Gasteiger partial charge in [0.25, 0.3) is 5.91 Å². The highest BCUT2D eigenvalue weighted by Gasteiger charge is 2.43. The molecule has 4 aliphatic heterocycles. The number of aliphatic hydroxyl groups excluding tert-OH is 1. The minimum absolute atomic E-state index is 0.0346. The van der Waals surface area contributed by atoms with E-state index in [-0.39, 0.29) is 35.2 Å². The van der Waals surface area contributed by atoms with Crippen LogP contribution in [0.5, 0.6) is 0 Å². The standard InChI is InChI=1S/C29H35N3O3/c1-29(2)17-31(16-26(33)25-13-19-5-3-4-6-20(19)15-30-25)28(35)23-12-11-22(14-24(23)29)32-21-9-7-18(8-10-21)27(32)34/h3-6,11-12,14,18,21,25-26,30,33H,7-10,13,15-17H2,1-2H3/t18?,21?,25-,26?/m0/s1. The molecule has 6 nitrogen and oxygen atoms in total. The number of hydrogen-bond donors (Lipinski definition) is 2. The van der Waals surface area contributed by atoms with Gasteiger partial charge in [-0.25, -0.2) is 0 Å². The van der Waals surface area contributed by atoms with E-state index in [0.717, 1.165) is 49.9 Å². The average Bonchev–Trinajstić information content (AvgIpc) is 2.87. The third-order valence-electron chi connectivity index (χ3n) is 8.75. The van der Waals surface area contributed by atoms with Crippen molar-refractivity contribution < 1.29 is 14.7 Å². The van der Waals surface area contributed by atoms with Crippen LogP contribution in [-0.2, 0) is 23.2 Å². The number of amides is 2. The molecule has 35 heavy (non-hydrogen) atoms. The van der Waals surface area contributed by atoms with Crippen molar-refractivity contribution in [1.29, 1.82) is 0 Å². The van der Waals surface area contributed by atoms with Crippen molar-refractivity contribution in [1.82, 2.24) is 10.2 Å². The Hall–Kier alpha value is -2.70. The average molecular weight is 474 g/mol. The number of piperidine rings is 2. The zero-order chi connectivity index (χ0) is 24.3. The second-order valence-electron chi connectivity index (χ2n) is 11.5. The predicted molar refractivity (Wildman–Crippen MR) is 135 cm³/mol. The number of nitrogens with zero attached hydrogens (tertiary/aromatic N) is 2. The van der Waals surface area contributed by atoms with Crippen molar-refractivity contribution in [2.75, 3.05) is 18.0 Å². The van der Waals surface area contributed by atoms with E-state index in [1.165, 1.54) is 11.1 Å². The molecule has 1 aliphatic carbocycles. The molecular weight excluding hydrogens is 438 g/mol. The van der Waals surface area contributed by atoms with Gasteiger partial charge < -0.3 is 20.2 Å². The van der Waals surface area contributed by atoms with Crippen LogP contribution in [0.4, 0.5) is 5.69 Å². The molecule has 2 bridgehead atoms. The fraction of sp³-hybridized carbons (Fsp3) is 0.517. The van der Waals surface area contributed by atoms with Gasteiger partial charge in [-0.3, -0.25) is 9.59 Å². The zero-order valence-corrected chi connectivity index (χ0v) is 20.7. The maximum Gasteiger partial charge on any atom is 0.254 e. The Morgan fingerprint density at radius 1 is 1.06 bits per heavy atom. The van der Waals surface area contributed by atoms with E-state index in [1.807, 2.05) is 34.1 Å². The van der Waals surface area contributed by atoms with Gasteiger partial charge >= 0.3 is 0 Å². The molecule has 3 fully saturated rings. The van der Waals surface area contributed by atoms with E-state index in [1.54, 1.807) is 0 Å². The van der Waals surface area contributed by atoms with Crippen LogP contribution in [0.1, 0.15) is 66.6 Å². The van der Waals surface area contributed by atoms with Crippen LogP contribution in [0.15, 0.2) is 42.5 Å². The molecule has 4 heterocycles. The smallest absolute Gasteiger partial charge is 0.254 e. The van der Waals surface area contributed by atoms with Gasteiger partial charge in [0.15, 0.2) is 0 Å². The summed E-state index contributed by atoms with van der Waals surface area (Å²) in [7, 11) is 0. The van der Waals surface area contributed by atoms with Gasteiger partial charge in [0.2, 0.25) is 5.91 Å². The van der Waals surface area contributed by atoms with Crippen LogP contribution < -0.4 is 10.2 Å². The van der Waals surface area contributed by atoms with E-state index < -0.39 is 6.10 Å². The summed E-state index contributed by atoms with van der Waals surface area (Å²) < 4.78 is 0. The van der Waals surface area contributed by atoms with Crippen molar-refractivity contribution in [3.63, 3.8) is 0 Å². The highest BCUT2D eigenvalue weighted by Crippen LogP contribution is 2.42. The topological polar surface area (TPSA) is 72.9 Å². The Balaban J connectivity index is 1.22. The number of β-amino-alcohol motifs (C(OH)–C–C–N with tert-alkyl or cyclic N) is 1. The highest BCUT2D eigenvalue weighted by atomic mass is 16.3. The summed E-state index contributed by atoms with van der Waals surface area (Å²) in [5, 5.41) is 14.5. The maximum absolute atomic E-state index is 13.5. The van der Waals surface area contributed by atoms with Crippen molar-refractivity contribution in [3.05, 3.63) is 64.7 Å². The molecule has 5 aliphatic rings. The van der Waals surface area contributed by atoms with E-state index in [2.05, 4.69) is 37.4 Å². The summed E-state index contributed by atoms with van der Waals surface area (Å²) in [6.07, 6.45) is 4.27. The summed E-state index contributed by atoms with van der Waals surface area (Å²) in [6, 6.07) is 14.5. The lowest BCUT2D eigenvalue weighted by molar-refractivity contribution is -0.126. The third-order valence-corrected chi connectivity index (χ3v) is 8.75. The number of fused-ring (bicyclic) bond motifs is 5. The number of anilines is 1. The van der Waals surface area contributed by atoms with Crippen molar-refractivity contribution >= 4 is 17.5 Å². The summed E-state index contributed by atoms with van der Waals surface area (Å²) in [5.41, 5.74) is 4.89. The van der Waals surface area contributed by atoms with Gasteiger partial charge in [0, 0.05) is 54.3 Å². The summed E-state index contributed by atoms with van der Waals surface area (Å²) >= 11 is 0. The minimum atomic E-state index is -0.648. The Labute approximate surface area is 207 Å². The van der Waals surface area contributed by atoms with E-state index in [4.69, 9.17) is 0 Å². The van der Waals surface area contributed by atoms with Gasteiger partial charge in [-0.15, -0.1) is 0 Å². The minimum Gasteiger partial charge on any atom is -0.390 e. The first kappa shape index (κ1) is 22.7. The monoisotopic (exact) mass is 473 g/mol. The van der Waals surface area contributed by atoms with Crippen LogP contribution >= 0.6 is 0 Å². The van der Waals surface area contributed by atoms with Crippen LogP contribution in [0.3, 0.4) is 0 Å². The SMILES string of the molecule is CC1(C)CN(CC(O)[C@@H]2Cc3ccccc3CN2)C(=O)c2ccc(N3C(=O)C4CCC3CC4)cc21. The van der Waals surface area contributed by atoms with Crippen LogP contribution in [0.2, 0.25) is 0 Å². The first-order chi connectivity index (χ1) is 16.8. The number of carbonyl (C=O) groups is 2. The van der Waals surface area contributed by atoms with E-state index in [0.29, 0.717) is 18.7 Å². The molecule has 2 amide bonds. The molecule has 2 atom stereocenters. The normalized spacial score (nSPS) is 28.0. The molecule has 6 heteroatoms. The van der Waals surface area contributed by atoms with E-state index in [9.17, 15) is 14.7 Å². The summed E-state index contributed by atoms with van der Waals surface area (Å²) in [6.45, 7) is 5.89. The molecule has 2 N–H and O–H groups in total. The second kappa shape index (κ2) is 8.45. The lowest BCUT2D eigenvalue weighted by atomic mass is 9.76. The van der Waals surface area contributed by atoms with Gasteiger partial charge in [0.05, 0.1) is 6.10 Å². The number of rotatable bonds is 4. The number of carbonyl (C=O) groups excluding carboxylic acids is 2. The Morgan fingerprint density at radius 2 is 1.80 bits per heavy atom. The highest BCUT2D eigenvalue weighted by molar-refractivity contribution is 6.00. The van der Waals surface area contributed by atoms with Crippen molar-refractivity contribution in [2.24, 2.45) is 5.92 Å². The number of aliphatic hydroxyl groups is 1. The van der Waals surface area contributed by atoms with Crippen molar-refractivity contribution in [3.8, 4) is 0 Å². The number of hydrogen-bond acceptors (Lipinski definition) is 4. The lowest BCUT2D eigenvalue weighted by Crippen LogP contribution is -2.54. The van der Waals surface area contributed by atoms with Gasteiger partial charge in [-0.1, -0.05) is 38.1 Å². The largest absolute Gasteiger partial charge is 0.390 e. The molecule has 2 aromatic carbocycles. The summed E-state index contributed by atoms with van der Waals surface area (Å²) in [4.78, 5) is 30.3. The lowest BCUT2D eigenvalue weighted by Gasteiger charge is -2.46. The quantitative estimate of drug-likeness (QED) is 0.714. The fourth-order valence-corrected chi connectivity index (χ4v) is 6.78. The Bertz CT molecular complexity index is 1170. The molecule has 0 spiro atoms. The van der Waals surface area contributed by atoms with Gasteiger partial charge in [0.1, 0.15) is 0 Å². The molecule has 1 saturated carbocycles. The second-order valence-corrected chi connectivity index (χ2v) is 11.5. The molecule has 0 radical (unpaired) electrons.